The summed E-state index contributed by atoms with van der Waals surface area (Å²) in [5.41, 5.74) is 6.26. The van der Waals surface area contributed by atoms with Gasteiger partial charge in [0.1, 0.15) is 5.78 Å². The van der Waals surface area contributed by atoms with E-state index in [9.17, 15) is 4.79 Å². The first kappa shape index (κ1) is 49.1. The van der Waals surface area contributed by atoms with E-state index in [1.54, 1.807) is 0 Å². The molecule has 5 N–H and O–H groups in total. The first-order valence-corrected chi connectivity index (χ1v) is 20.0. The molecule has 6 nitrogen and oxygen atoms in total. The van der Waals surface area contributed by atoms with Crippen molar-refractivity contribution in [1.82, 2.24) is 0 Å². The van der Waals surface area contributed by atoms with Gasteiger partial charge in [-0.1, -0.05) is 187 Å². The summed E-state index contributed by atoms with van der Waals surface area (Å²) in [6, 6.07) is -0.357. The minimum Gasteiger partial charge on any atom is -0.350 e. The van der Waals surface area contributed by atoms with Gasteiger partial charge in [0, 0.05) is 5.92 Å². The van der Waals surface area contributed by atoms with Crippen LogP contribution in [0.15, 0.2) is 0 Å². The van der Waals surface area contributed by atoms with Gasteiger partial charge in [-0.2, -0.15) is 13.8 Å². The normalized spacial score (nSPS) is 12.8. The molecule has 0 saturated heterocycles. The molecule has 0 heterocycles. The number of phosphoric acid groups is 1. The summed E-state index contributed by atoms with van der Waals surface area (Å²) in [4.78, 5) is 34.6. The van der Waals surface area contributed by atoms with Crippen LogP contribution in [0.2, 0.25) is 0 Å². The topological polar surface area (TPSA) is 121 Å². The third kappa shape index (κ3) is 40.8. The fourth-order valence-electron chi connectivity index (χ4n) is 5.78. The SMILES string of the molecule is CCCCCCCCCCCCCCCCC(CCCCCCCCCCCCCC)C(=O)C(N)[C-](C)C.O=P(O)(O)O.[Na+]. The minimum atomic E-state index is -4.64. The molecule has 0 aromatic rings. The van der Waals surface area contributed by atoms with Gasteiger partial charge in [-0.25, -0.2) is 4.57 Å². The van der Waals surface area contributed by atoms with Crippen LogP contribution in [0.4, 0.5) is 0 Å². The Bertz CT molecular complexity index is 623. The molecular formula is C36H75NNaO5P. The monoisotopic (exact) mass is 656 g/mol. The van der Waals surface area contributed by atoms with E-state index in [1.165, 1.54) is 167 Å². The van der Waals surface area contributed by atoms with E-state index in [1.807, 2.05) is 13.8 Å². The molecule has 0 bridgehead atoms. The van der Waals surface area contributed by atoms with Gasteiger partial charge >= 0.3 is 37.4 Å². The molecule has 0 spiro atoms. The largest absolute Gasteiger partial charge is 1.00 e. The smallest absolute Gasteiger partial charge is 0.350 e. The number of hydrogen-bond acceptors (Lipinski definition) is 3. The first-order chi connectivity index (χ1) is 20.5. The number of carbonyl (C=O) groups is 1. The van der Waals surface area contributed by atoms with E-state index in [0.717, 1.165) is 18.8 Å². The van der Waals surface area contributed by atoms with Crippen LogP contribution >= 0.6 is 7.82 Å². The molecule has 2 atom stereocenters. The Morgan fingerprint density at radius 2 is 0.750 bits per heavy atom. The molecule has 0 aromatic carbocycles. The molecule has 0 aromatic heterocycles. The van der Waals surface area contributed by atoms with Crippen LogP contribution in [-0.4, -0.2) is 26.5 Å². The van der Waals surface area contributed by atoms with E-state index in [4.69, 9.17) is 25.0 Å². The Morgan fingerprint density at radius 3 is 0.955 bits per heavy atom. The molecule has 0 aliphatic rings. The van der Waals surface area contributed by atoms with Gasteiger partial charge in [0.05, 0.1) is 0 Å². The zero-order valence-corrected chi connectivity index (χ0v) is 33.0. The van der Waals surface area contributed by atoms with E-state index in [2.05, 4.69) is 13.8 Å². The maximum atomic E-state index is 13.0. The Balaban J connectivity index is -0.00000257. The second-order valence-electron chi connectivity index (χ2n) is 13.2. The summed E-state index contributed by atoms with van der Waals surface area (Å²) in [5.74, 6) is 1.55. The molecule has 2 unspecified atom stereocenters. The minimum absolute atomic E-state index is 0. The van der Waals surface area contributed by atoms with Crippen LogP contribution in [0.5, 0.6) is 0 Å². The van der Waals surface area contributed by atoms with Gasteiger partial charge < -0.3 is 25.2 Å². The van der Waals surface area contributed by atoms with Crippen LogP contribution in [-0.2, 0) is 9.36 Å². The standard InChI is InChI=1S/C36H72NO.Na.H3O4P/c1-5-7-9-11-13-15-17-19-20-22-24-26-28-30-32-34(36(38)35(37)33(3)4)31-29-27-25-23-21-18-16-14-12-10-8-6-2;;1-5(2,3)4/h34-35H,5-32,37H2,1-4H3;;(H3,1,2,3,4)/q-1;+1;. The second kappa shape index (κ2) is 36.6. The van der Waals surface area contributed by atoms with Crippen molar-refractivity contribution in [2.75, 3.05) is 0 Å². The number of hydrogen-bond donors (Lipinski definition) is 4. The van der Waals surface area contributed by atoms with Crippen molar-refractivity contribution in [2.45, 2.75) is 214 Å². The van der Waals surface area contributed by atoms with Crippen molar-refractivity contribution in [3.63, 3.8) is 0 Å². The quantitative estimate of drug-likeness (QED) is 0.0259. The molecule has 0 rings (SSSR count). The van der Waals surface area contributed by atoms with Crippen molar-refractivity contribution in [3.05, 3.63) is 5.92 Å². The van der Waals surface area contributed by atoms with Crippen LogP contribution in [0.3, 0.4) is 0 Å². The van der Waals surface area contributed by atoms with Gasteiger partial charge in [0.25, 0.3) is 0 Å². The van der Waals surface area contributed by atoms with Crippen LogP contribution < -0.4 is 35.3 Å². The number of ketones is 1. The van der Waals surface area contributed by atoms with E-state index < -0.39 is 7.82 Å². The van der Waals surface area contributed by atoms with Crippen molar-refractivity contribution in [1.29, 1.82) is 0 Å². The molecule has 260 valence electrons. The molecule has 0 fully saturated rings. The Kier molecular flexibility index (Phi) is 40.8. The van der Waals surface area contributed by atoms with Gasteiger partial charge in [-0.05, 0) is 12.8 Å². The van der Waals surface area contributed by atoms with Crippen LogP contribution in [0.25, 0.3) is 0 Å². The maximum absolute atomic E-state index is 13.0. The Morgan fingerprint density at radius 1 is 0.545 bits per heavy atom. The van der Waals surface area contributed by atoms with Crippen molar-refractivity contribution >= 4 is 13.6 Å². The van der Waals surface area contributed by atoms with Gasteiger partial charge in [-0.15, -0.1) is 0 Å². The molecular weight excluding hydrogens is 580 g/mol. The van der Waals surface area contributed by atoms with Gasteiger partial charge in [0.15, 0.2) is 0 Å². The second-order valence-corrected chi connectivity index (χ2v) is 14.3. The molecule has 0 aliphatic heterocycles. The summed E-state index contributed by atoms with van der Waals surface area (Å²) in [5, 5.41) is 0. The number of nitrogens with two attached hydrogens (primary N) is 1. The third-order valence-electron chi connectivity index (χ3n) is 8.64. The third-order valence-corrected chi connectivity index (χ3v) is 8.64. The summed E-state index contributed by atoms with van der Waals surface area (Å²) in [6.45, 7) is 8.60. The first-order valence-electron chi connectivity index (χ1n) is 18.4. The molecule has 44 heavy (non-hydrogen) atoms. The molecule has 8 heteroatoms. The van der Waals surface area contributed by atoms with Gasteiger partial charge in [-0.3, -0.25) is 5.92 Å². The predicted molar refractivity (Wildman–Crippen MR) is 186 cm³/mol. The Hall–Kier alpha value is 0.740. The Labute approximate surface area is 296 Å². The fraction of sp³-hybridized carbons (Fsp3) is 0.944. The van der Waals surface area contributed by atoms with Crippen molar-refractivity contribution < 1.29 is 53.6 Å². The zero-order chi connectivity index (χ0) is 32.6. The van der Waals surface area contributed by atoms with Crippen LogP contribution in [0.1, 0.15) is 207 Å². The van der Waals surface area contributed by atoms with E-state index >= 15 is 0 Å². The average Bonchev–Trinajstić information content (AvgIpc) is 2.95. The number of rotatable bonds is 31. The van der Waals surface area contributed by atoms with Crippen LogP contribution in [0, 0.1) is 11.8 Å². The summed E-state index contributed by atoms with van der Waals surface area (Å²) in [6.07, 6.45) is 37.9. The zero-order valence-electron chi connectivity index (χ0n) is 30.1. The van der Waals surface area contributed by atoms with Crippen molar-refractivity contribution in [2.24, 2.45) is 11.7 Å². The van der Waals surface area contributed by atoms with Gasteiger partial charge in [0.2, 0.25) is 0 Å². The average molecular weight is 656 g/mol. The van der Waals surface area contributed by atoms with Crippen molar-refractivity contribution in [3.8, 4) is 0 Å². The number of carbonyl (C=O) groups excluding carboxylic acids is 1. The summed E-state index contributed by atoms with van der Waals surface area (Å²) in [7, 11) is -4.64. The summed E-state index contributed by atoms with van der Waals surface area (Å²) < 4.78 is 8.88. The molecule has 0 amide bonds. The van der Waals surface area contributed by atoms with E-state index in [0.29, 0.717) is 5.78 Å². The molecule has 0 saturated carbocycles. The number of unbranched alkanes of at least 4 members (excludes halogenated alkanes) is 24. The van der Waals surface area contributed by atoms with E-state index in [-0.39, 0.29) is 41.5 Å². The fourth-order valence-corrected chi connectivity index (χ4v) is 5.78. The number of Topliss-reactive ketones (excluding diaryl/α,β-unsaturated/α-hetero) is 1. The summed E-state index contributed by atoms with van der Waals surface area (Å²) >= 11 is 0. The predicted octanol–water partition coefficient (Wildman–Crippen LogP) is 8.15. The molecule has 0 aliphatic carbocycles. The maximum Gasteiger partial charge on any atom is 1.00 e. The molecule has 0 radical (unpaired) electrons.